The van der Waals surface area contributed by atoms with Gasteiger partial charge in [-0.25, -0.2) is 4.79 Å². The van der Waals surface area contributed by atoms with Crippen LogP contribution in [-0.4, -0.2) is 92.7 Å². The molecule has 10 N–H and O–H groups in total. The van der Waals surface area contributed by atoms with Gasteiger partial charge in [-0.15, -0.1) is 0 Å². The molecule has 3 amide bonds. The minimum absolute atomic E-state index is 0.0213. The van der Waals surface area contributed by atoms with E-state index in [4.69, 9.17) is 10.8 Å². The first-order valence-electron chi connectivity index (χ1n) is 9.57. The molecule has 0 saturated heterocycles. The van der Waals surface area contributed by atoms with Crippen molar-refractivity contribution in [3.05, 3.63) is 29.8 Å². The summed E-state index contributed by atoms with van der Waals surface area (Å²) >= 11 is 0. The number of nitrogens with one attached hydrogen (secondary N) is 3. The number of phenolic OH excluding ortho intramolecular Hbond substituents is 1. The van der Waals surface area contributed by atoms with Crippen LogP contribution < -0.4 is 21.7 Å². The van der Waals surface area contributed by atoms with Crippen molar-refractivity contribution in [2.24, 2.45) is 5.73 Å². The molecule has 1 rings (SSSR count). The van der Waals surface area contributed by atoms with Gasteiger partial charge < -0.3 is 47.2 Å². The van der Waals surface area contributed by atoms with E-state index in [-0.39, 0.29) is 12.2 Å². The number of carboxylic acid groups (broad SMARTS) is 1. The van der Waals surface area contributed by atoms with E-state index in [1.807, 2.05) is 0 Å². The normalized spacial score (nSPS) is 15.5. The van der Waals surface area contributed by atoms with Gasteiger partial charge in [-0.1, -0.05) is 12.1 Å². The maximum Gasteiger partial charge on any atom is 0.326 e. The molecule has 0 aliphatic rings. The van der Waals surface area contributed by atoms with E-state index in [0.29, 0.717) is 5.56 Å². The Kier molecular flexibility index (Phi) is 10.5. The monoisotopic (exact) mass is 456 g/mol. The summed E-state index contributed by atoms with van der Waals surface area (Å²) in [6.07, 6.45) is -1.60. The van der Waals surface area contributed by atoms with E-state index < -0.39 is 67.2 Å². The Balaban J connectivity index is 2.88. The Morgan fingerprint density at radius 1 is 0.906 bits per heavy atom. The summed E-state index contributed by atoms with van der Waals surface area (Å²) < 4.78 is 0. The molecular weight excluding hydrogens is 428 g/mol. The number of nitrogens with two attached hydrogens (primary N) is 1. The van der Waals surface area contributed by atoms with Gasteiger partial charge in [0.05, 0.1) is 19.3 Å². The molecular formula is C19H28N4O9. The lowest BCUT2D eigenvalue weighted by atomic mass is 10.0. The highest BCUT2D eigenvalue weighted by molar-refractivity contribution is 5.94. The summed E-state index contributed by atoms with van der Waals surface area (Å²) in [6, 6.07) is -0.275. The van der Waals surface area contributed by atoms with E-state index in [9.17, 15) is 39.6 Å². The number of aliphatic hydroxyl groups excluding tert-OH is 3. The highest BCUT2D eigenvalue weighted by atomic mass is 16.4. The molecule has 0 aliphatic heterocycles. The molecule has 13 nitrogen and oxygen atoms in total. The molecule has 0 bridgehead atoms. The Bertz CT molecular complexity index is 800. The number of aromatic hydroxyl groups is 1. The van der Waals surface area contributed by atoms with E-state index >= 15 is 0 Å². The maximum atomic E-state index is 12.6. The lowest BCUT2D eigenvalue weighted by Gasteiger charge is -2.25. The predicted molar refractivity (Wildman–Crippen MR) is 109 cm³/mol. The molecule has 0 saturated carbocycles. The van der Waals surface area contributed by atoms with Crippen molar-refractivity contribution in [2.75, 3.05) is 13.2 Å². The first-order valence-corrected chi connectivity index (χ1v) is 9.57. The predicted octanol–water partition coefficient (Wildman–Crippen LogP) is -3.83. The smallest absolute Gasteiger partial charge is 0.326 e. The molecule has 0 aromatic heterocycles. The van der Waals surface area contributed by atoms with E-state index in [2.05, 4.69) is 16.0 Å². The fourth-order valence-electron chi connectivity index (χ4n) is 2.54. The third-order valence-corrected chi connectivity index (χ3v) is 4.40. The Labute approximate surface area is 183 Å². The lowest BCUT2D eigenvalue weighted by Crippen LogP contribution is -2.60. The standard InChI is InChI=1S/C19H28N4O9/c1-9(26)15(23-17(29)14(8-25)22-16(28)12(20)7-24)18(30)21-13(19(31)32)6-10-2-4-11(27)5-3-10/h2-5,9,12-15,24-27H,6-8,20H2,1H3,(H,21,30)(H,22,28)(H,23,29)(H,31,32). The third kappa shape index (κ3) is 8.11. The zero-order chi connectivity index (χ0) is 24.4. The number of carbonyl (C=O) groups excluding carboxylic acids is 3. The van der Waals surface area contributed by atoms with Crippen LogP contribution >= 0.6 is 0 Å². The molecule has 0 heterocycles. The summed E-state index contributed by atoms with van der Waals surface area (Å²) in [5, 5.41) is 53.3. The second kappa shape index (κ2) is 12.6. The van der Waals surface area contributed by atoms with Crippen LogP contribution in [0.1, 0.15) is 12.5 Å². The van der Waals surface area contributed by atoms with Crippen molar-refractivity contribution in [3.63, 3.8) is 0 Å². The van der Waals surface area contributed by atoms with Crippen LogP contribution in [0.15, 0.2) is 24.3 Å². The van der Waals surface area contributed by atoms with Crippen molar-refractivity contribution >= 4 is 23.7 Å². The highest BCUT2D eigenvalue weighted by Crippen LogP contribution is 2.11. The quantitative estimate of drug-likeness (QED) is 0.149. The number of aliphatic carboxylic acids is 1. The zero-order valence-corrected chi connectivity index (χ0v) is 17.3. The van der Waals surface area contributed by atoms with Gasteiger partial charge in [0.1, 0.15) is 29.9 Å². The zero-order valence-electron chi connectivity index (χ0n) is 17.3. The van der Waals surface area contributed by atoms with E-state index in [1.54, 1.807) is 0 Å². The third-order valence-electron chi connectivity index (χ3n) is 4.40. The summed E-state index contributed by atoms with van der Waals surface area (Å²) in [7, 11) is 0. The van der Waals surface area contributed by atoms with Crippen molar-refractivity contribution in [2.45, 2.75) is 43.6 Å². The molecule has 0 radical (unpaired) electrons. The number of carboxylic acids is 1. The van der Waals surface area contributed by atoms with Gasteiger partial charge in [0, 0.05) is 6.42 Å². The van der Waals surface area contributed by atoms with Gasteiger partial charge in [-0.05, 0) is 24.6 Å². The second-order valence-corrected chi connectivity index (χ2v) is 7.03. The minimum Gasteiger partial charge on any atom is -0.508 e. The number of carbonyl (C=O) groups is 4. The number of phenols is 1. The van der Waals surface area contributed by atoms with Crippen LogP contribution in [0.3, 0.4) is 0 Å². The molecule has 1 aromatic rings. The van der Waals surface area contributed by atoms with Gasteiger partial charge in [-0.3, -0.25) is 14.4 Å². The first kappa shape index (κ1) is 26.8. The molecule has 13 heteroatoms. The van der Waals surface area contributed by atoms with Crippen molar-refractivity contribution in [1.29, 1.82) is 0 Å². The Morgan fingerprint density at radius 2 is 1.47 bits per heavy atom. The van der Waals surface area contributed by atoms with Crippen LogP contribution in [-0.2, 0) is 25.6 Å². The van der Waals surface area contributed by atoms with Gasteiger partial charge in [0.15, 0.2) is 0 Å². The molecule has 0 aliphatic carbocycles. The number of amides is 3. The first-order chi connectivity index (χ1) is 15.0. The average Bonchev–Trinajstić information content (AvgIpc) is 2.75. The number of rotatable bonds is 12. The molecule has 178 valence electrons. The van der Waals surface area contributed by atoms with Crippen LogP contribution in [0.4, 0.5) is 0 Å². The molecule has 0 fully saturated rings. The van der Waals surface area contributed by atoms with Crippen molar-refractivity contribution in [3.8, 4) is 5.75 Å². The van der Waals surface area contributed by atoms with Crippen molar-refractivity contribution in [1.82, 2.24) is 16.0 Å². The summed E-state index contributed by atoms with van der Waals surface area (Å²) in [6.45, 7) is -0.404. The number of hydrogen-bond acceptors (Lipinski definition) is 9. The second-order valence-electron chi connectivity index (χ2n) is 7.03. The van der Waals surface area contributed by atoms with Gasteiger partial charge >= 0.3 is 5.97 Å². The van der Waals surface area contributed by atoms with E-state index in [1.165, 1.54) is 31.2 Å². The lowest BCUT2D eigenvalue weighted by molar-refractivity contribution is -0.143. The van der Waals surface area contributed by atoms with Crippen LogP contribution in [0.2, 0.25) is 0 Å². The van der Waals surface area contributed by atoms with E-state index in [0.717, 1.165) is 0 Å². The Hall–Kier alpha value is -3.26. The number of hydrogen-bond donors (Lipinski definition) is 9. The molecule has 5 unspecified atom stereocenters. The molecule has 5 atom stereocenters. The topological polar surface area (TPSA) is 232 Å². The summed E-state index contributed by atoms with van der Waals surface area (Å²) in [5.74, 6) is -4.39. The summed E-state index contributed by atoms with van der Waals surface area (Å²) in [5.41, 5.74) is 5.82. The largest absolute Gasteiger partial charge is 0.508 e. The SMILES string of the molecule is CC(O)C(NC(=O)C(CO)NC(=O)C(N)CO)C(=O)NC(Cc1ccc(O)cc1)C(=O)O. The fraction of sp³-hybridized carbons (Fsp3) is 0.474. The highest BCUT2D eigenvalue weighted by Gasteiger charge is 2.32. The van der Waals surface area contributed by atoms with Gasteiger partial charge in [0.2, 0.25) is 17.7 Å². The van der Waals surface area contributed by atoms with Crippen LogP contribution in [0.25, 0.3) is 0 Å². The fourth-order valence-corrected chi connectivity index (χ4v) is 2.54. The van der Waals surface area contributed by atoms with Gasteiger partial charge in [-0.2, -0.15) is 0 Å². The van der Waals surface area contributed by atoms with Crippen LogP contribution in [0.5, 0.6) is 5.75 Å². The average molecular weight is 456 g/mol. The summed E-state index contributed by atoms with van der Waals surface area (Å²) in [4.78, 5) is 48.2. The Morgan fingerprint density at radius 3 is 1.94 bits per heavy atom. The van der Waals surface area contributed by atoms with Crippen LogP contribution in [0, 0.1) is 0 Å². The molecule has 32 heavy (non-hydrogen) atoms. The number of benzene rings is 1. The maximum absolute atomic E-state index is 12.6. The van der Waals surface area contributed by atoms with Crippen molar-refractivity contribution < 1.29 is 44.7 Å². The molecule has 0 spiro atoms. The number of aliphatic hydroxyl groups is 3. The van der Waals surface area contributed by atoms with Gasteiger partial charge in [0.25, 0.3) is 0 Å². The molecule has 1 aromatic carbocycles. The minimum atomic E-state index is -1.61.